The first-order valence-corrected chi connectivity index (χ1v) is 16.2. The normalized spacial score (nSPS) is 15.3. The minimum Gasteiger partial charge on any atom is -0.478 e. The number of nitrogens with one attached hydrogen (secondary N) is 1. The van der Waals surface area contributed by atoms with Gasteiger partial charge in [-0.15, -0.1) is 0 Å². The van der Waals surface area contributed by atoms with E-state index in [9.17, 15) is 19.5 Å². The van der Waals surface area contributed by atoms with Crippen LogP contribution in [0.3, 0.4) is 0 Å². The number of aliphatic imine (C=N–C) groups is 1. The zero-order valence-electron chi connectivity index (χ0n) is 27.5. The van der Waals surface area contributed by atoms with E-state index >= 15 is 0 Å². The number of carboxylic acid groups (broad SMARTS) is 1. The summed E-state index contributed by atoms with van der Waals surface area (Å²) in [7, 11) is 0. The van der Waals surface area contributed by atoms with Crippen molar-refractivity contribution >= 4 is 29.5 Å². The zero-order valence-corrected chi connectivity index (χ0v) is 27.5. The van der Waals surface area contributed by atoms with Gasteiger partial charge in [0.05, 0.1) is 36.7 Å². The second-order valence-corrected chi connectivity index (χ2v) is 11.7. The molecule has 0 unspecified atom stereocenters. The van der Waals surface area contributed by atoms with Crippen molar-refractivity contribution < 1.29 is 29.0 Å². The molecular formula is C39H43N3O6. The summed E-state index contributed by atoms with van der Waals surface area (Å²) in [6.45, 7) is 5.49. The number of carboxylic acids is 1. The molecule has 4 aromatic carbocycles. The Bertz CT molecular complexity index is 1640. The van der Waals surface area contributed by atoms with Gasteiger partial charge >= 0.3 is 12.0 Å². The number of nitrogens with zero attached hydrogens (tertiary/aromatic N) is 2. The SMILES string of the molecule is Cc1ccc(CN(CCO[C@H]2CCC[C@@H](OCc3cccc(C)c3C(=O)O)C2)C(=O)Nc2ccccc2)cc1.O=C=Nc1ccccc1. The van der Waals surface area contributed by atoms with Gasteiger partial charge in [0.2, 0.25) is 6.08 Å². The summed E-state index contributed by atoms with van der Waals surface area (Å²) < 4.78 is 12.4. The van der Waals surface area contributed by atoms with Crippen molar-refractivity contribution in [2.45, 2.75) is 64.9 Å². The van der Waals surface area contributed by atoms with Gasteiger partial charge in [-0.1, -0.05) is 84.4 Å². The molecule has 0 aromatic heterocycles. The Hall–Kier alpha value is -5.08. The Morgan fingerprint density at radius 3 is 2.21 bits per heavy atom. The highest BCUT2D eigenvalue weighted by Gasteiger charge is 2.25. The van der Waals surface area contributed by atoms with E-state index in [2.05, 4.69) is 22.4 Å². The number of carbonyl (C=O) groups excluding carboxylic acids is 2. The maximum Gasteiger partial charge on any atom is 0.336 e. The fourth-order valence-corrected chi connectivity index (χ4v) is 5.54. The largest absolute Gasteiger partial charge is 0.478 e. The van der Waals surface area contributed by atoms with Crippen molar-refractivity contribution in [2.24, 2.45) is 4.99 Å². The van der Waals surface area contributed by atoms with Crippen LogP contribution in [0.25, 0.3) is 0 Å². The Kier molecular flexibility index (Phi) is 14.1. The van der Waals surface area contributed by atoms with Crippen LogP contribution in [0.5, 0.6) is 0 Å². The molecule has 0 aliphatic heterocycles. The molecule has 4 aromatic rings. The number of carbonyl (C=O) groups is 2. The van der Waals surface area contributed by atoms with Gasteiger partial charge in [0.1, 0.15) is 0 Å². The van der Waals surface area contributed by atoms with Crippen LogP contribution < -0.4 is 5.32 Å². The Morgan fingerprint density at radius 2 is 1.54 bits per heavy atom. The molecule has 0 bridgehead atoms. The van der Waals surface area contributed by atoms with Gasteiger partial charge in [-0.3, -0.25) is 0 Å². The molecule has 2 N–H and O–H groups in total. The van der Waals surface area contributed by atoms with E-state index in [1.54, 1.807) is 30.0 Å². The summed E-state index contributed by atoms with van der Waals surface area (Å²) in [6.07, 6.45) is 5.11. The molecule has 5 rings (SSSR count). The molecule has 1 aliphatic rings. The van der Waals surface area contributed by atoms with Crippen LogP contribution in [0.1, 0.15) is 58.3 Å². The second-order valence-electron chi connectivity index (χ2n) is 11.7. The molecule has 0 heterocycles. The lowest BCUT2D eigenvalue weighted by Gasteiger charge is -2.30. The predicted molar refractivity (Wildman–Crippen MR) is 186 cm³/mol. The van der Waals surface area contributed by atoms with E-state index in [0.29, 0.717) is 36.5 Å². The van der Waals surface area contributed by atoms with Crippen LogP contribution >= 0.6 is 0 Å². The third-order valence-corrected chi connectivity index (χ3v) is 8.08. The van der Waals surface area contributed by atoms with E-state index in [4.69, 9.17) is 9.47 Å². The molecule has 1 fully saturated rings. The Balaban J connectivity index is 0.000000500. The molecule has 0 saturated heterocycles. The number of amides is 2. The smallest absolute Gasteiger partial charge is 0.336 e. The number of ether oxygens (including phenoxy) is 2. The molecule has 2 amide bonds. The summed E-state index contributed by atoms with van der Waals surface area (Å²) >= 11 is 0. The second kappa shape index (κ2) is 18.9. The highest BCUT2D eigenvalue weighted by atomic mass is 16.5. The van der Waals surface area contributed by atoms with Gasteiger partial charge in [0, 0.05) is 18.8 Å². The molecule has 1 aliphatic carbocycles. The van der Waals surface area contributed by atoms with E-state index in [1.807, 2.05) is 79.7 Å². The number of aromatic carboxylic acids is 1. The number of urea groups is 1. The van der Waals surface area contributed by atoms with Crippen LogP contribution in [-0.4, -0.2) is 53.4 Å². The van der Waals surface area contributed by atoms with Crippen molar-refractivity contribution in [3.63, 3.8) is 0 Å². The van der Waals surface area contributed by atoms with Gasteiger partial charge in [-0.2, -0.15) is 4.99 Å². The zero-order chi connectivity index (χ0) is 34.1. The van der Waals surface area contributed by atoms with Crippen molar-refractivity contribution in [3.8, 4) is 0 Å². The average Bonchev–Trinajstić information content (AvgIpc) is 3.09. The van der Waals surface area contributed by atoms with Crippen LogP contribution in [-0.2, 0) is 27.4 Å². The van der Waals surface area contributed by atoms with Crippen LogP contribution in [0.2, 0.25) is 0 Å². The number of hydrogen-bond acceptors (Lipinski definition) is 6. The molecule has 0 spiro atoms. The van der Waals surface area contributed by atoms with Gasteiger partial charge in [-0.05, 0) is 80.5 Å². The number of anilines is 1. The monoisotopic (exact) mass is 649 g/mol. The Morgan fingerprint density at radius 1 is 0.875 bits per heavy atom. The van der Waals surface area contributed by atoms with E-state index in [-0.39, 0.29) is 24.8 Å². The number of hydrogen-bond donors (Lipinski definition) is 2. The van der Waals surface area contributed by atoms with Crippen molar-refractivity contribution in [3.05, 3.63) is 131 Å². The summed E-state index contributed by atoms with van der Waals surface area (Å²) in [5.41, 5.74) is 5.40. The number of rotatable bonds is 12. The Labute approximate surface area is 282 Å². The summed E-state index contributed by atoms with van der Waals surface area (Å²) in [4.78, 5) is 39.7. The fourth-order valence-electron chi connectivity index (χ4n) is 5.54. The van der Waals surface area contributed by atoms with Crippen LogP contribution in [0.4, 0.5) is 16.2 Å². The summed E-state index contributed by atoms with van der Waals surface area (Å²) in [5.74, 6) is -0.928. The molecule has 0 radical (unpaired) electrons. The van der Waals surface area contributed by atoms with Gasteiger partial charge in [0.25, 0.3) is 0 Å². The van der Waals surface area contributed by atoms with Gasteiger partial charge in [0.15, 0.2) is 0 Å². The average molecular weight is 650 g/mol. The maximum absolute atomic E-state index is 13.1. The molecular weight excluding hydrogens is 606 g/mol. The van der Waals surface area contributed by atoms with E-state index in [0.717, 1.165) is 42.5 Å². The minimum atomic E-state index is -0.928. The number of isocyanates is 1. The maximum atomic E-state index is 13.1. The number of benzene rings is 4. The molecule has 9 nitrogen and oxygen atoms in total. The van der Waals surface area contributed by atoms with E-state index in [1.165, 1.54) is 11.6 Å². The first-order chi connectivity index (χ1) is 23.3. The third kappa shape index (κ3) is 11.6. The quantitative estimate of drug-likeness (QED) is 0.118. The van der Waals surface area contributed by atoms with Crippen molar-refractivity contribution in [1.82, 2.24) is 4.90 Å². The lowest BCUT2D eigenvalue weighted by Crippen LogP contribution is -2.38. The summed E-state index contributed by atoms with van der Waals surface area (Å²) in [5, 5.41) is 12.6. The number of para-hydroxylation sites is 2. The first kappa shape index (κ1) is 35.8. The molecule has 9 heteroatoms. The topological polar surface area (TPSA) is 118 Å². The number of aryl methyl sites for hydroxylation is 2. The van der Waals surface area contributed by atoms with Crippen LogP contribution in [0.15, 0.2) is 108 Å². The van der Waals surface area contributed by atoms with E-state index < -0.39 is 5.97 Å². The lowest BCUT2D eigenvalue weighted by atomic mass is 9.94. The highest BCUT2D eigenvalue weighted by molar-refractivity contribution is 5.91. The van der Waals surface area contributed by atoms with Crippen LogP contribution in [0, 0.1) is 13.8 Å². The standard InChI is InChI=1S/C32H38N2O5.C7H5NO/c1-23-14-16-25(17-15-23)21-34(32(37)33-27-10-4-3-5-11-27)18-19-38-28-12-7-13-29(20-28)39-22-26-9-6-8-24(2)30(26)31(35)36;9-6-8-7-4-2-1-3-5-7/h3-6,8-11,14-17,28-29H,7,12-13,18-22H2,1-2H3,(H,33,37)(H,35,36);1-5H/t28-,29+;/m0./s1. The minimum absolute atomic E-state index is 0.0101. The lowest BCUT2D eigenvalue weighted by molar-refractivity contribution is -0.0524. The van der Waals surface area contributed by atoms with Crippen molar-refractivity contribution in [2.75, 3.05) is 18.5 Å². The highest BCUT2D eigenvalue weighted by Crippen LogP contribution is 2.26. The van der Waals surface area contributed by atoms with Gasteiger partial charge in [-0.25, -0.2) is 14.4 Å². The summed E-state index contributed by atoms with van der Waals surface area (Å²) in [6, 6.07) is 32.0. The van der Waals surface area contributed by atoms with Crippen molar-refractivity contribution in [1.29, 1.82) is 0 Å². The van der Waals surface area contributed by atoms with Gasteiger partial charge < -0.3 is 24.8 Å². The molecule has 48 heavy (non-hydrogen) atoms. The fraction of sp³-hybridized carbons (Fsp3) is 0.308. The molecule has 1 saturated carbocycles. The third-order valence-electron chi connectivity index (χ3n) is 8.08. The molecule has 2 atom stereocenters. The predicted octanol–water partition coefficient (Wildman–Crippen LogP) is 8.23. The molecule has 250 valence electrons. The first-order valence-electron chi connectivity index (χ1n) is 16.2.